The van der Waals surface area contributed by atoms with E-state index in [1.165, 1.54) is 0 Å². The van der Waals surface area contributed by atoms with Crippen LogP contribution in [0.1, 0.15) is 0 Å². The van der Waals surface area contributed by atoms with E-state index >= 15 is 0 Å². The third-order valence-corrected chi connectivity index (χ3v) is 0. The van der Waals surface area contributed by atoms with Crippen molar-refractivity contribution in [3.63, 3.8) is 0 Å². The van der Waals surface area contributed by atoms with Crippen molar-refractivity contribution in [3.8, 4) is 0 Å². The quantitative estimate of drug-likeness (QED) is 0.321. The molecule has 6 heteroatoms. The van der Waals surface area contributed by atoms with E-state index in [4.69, 9.17) is 4.55 Å². The molecule has 0 aliphatic carbocycles. The van der Waals surface area contributed by atoms with Crippen LogP contribution < -0.4 is 0 Å². The molecule has 6 heavy (non-hydrogen) atoms. The summed E-state index contributed by atoms with van der Waals surface area (Å²) >= 11 is -0.164. The summed E-state index contributed by atoms with van der Waals surface area (Å²) in [7, 11) is 0. The first-order valence-corrected chi connectivity index (χ1v) is 5.22. The Labute approximate surface area is 73.9 Å². The fourth-order valence-electron chi connectivity index (χ4n) is 0. The maximum atomic E-state index is 9.25. The summed E-state index contributed by atoms with van der Waals surface area (Å²) in [4.78, 5) is 0. The van der Waals surface area contributed by atoms with E-state index in [1.807, 2.05) is 0 Å². The molecule has 0 rings (SSSR count). The van der Waals surface area contributed by atoms with E-state index < -0.39 is 6.24 Å². The Morgan fingerprint density at radius 2 is 1.50 bits per heavy atom. The molecule has 0 amide bonds. The van der Waals surface area contributed by atoms with Gasteiger partial charge in [-0.25, -0.2) is 0 Å². The molecule has 27 valence electrons. The van der Waals surface area contributed by atoms with Gasteiger partial charge >= 0.3 is 45.6 Å². The molecule has 0 heterocycles. The topological polar surface area (TPSA) is 54.4 Å². The average Bonchev–Trinajstić information content (AvgIpc) is 0.722. The standard InChI is InChI=1S/2Na.HO3S/c;;1-4(2)3/h;;(H,1,2,3). The van der Waals surface area contributed by atoms with Gasteiger partial charge in [-0.05, 0) is 0 Å². The Bertz CT molecular complexity index is 92.0. The molecule has 0 aliphatic heterocycles. The predicted octanol–water partition coefficient (Wildman–Crippen LogP) is -1.42. The van der Waals surface area contributed by atoms with Crippen molar-refractivity contribution in [1.29, 1.82) is 0 Å². The van der Waals surface area contributed by atoms with Crippen LogP contribution in [-0.2, 0) is 6.24 Å². The number of hydrogen-bond acceptors (Lipinski definition) is 2. The molecule has 0 saturated heterocycles. The van der Waals surface area contributed by atoms with Gasteiger partial charge in [0.25, 0.3) is 0 Å². The maximum Gasteiger partial charge on any atom is 0 e. The first kappa shape index (κ1) is 10.8. The molecule has 0 aromatic heterocycles. The Kier molecular flexibility index (Phi) is 6.95. The molecule has 1 radical (unpaired) electrons. The molecule has 0 bridgehead atoms. The van der Waals surface area contributed by atoms with Gasteiger partial charge in [-0.3, -0.25) is 0 Å². The van der Waals surface area contributed by atoms with Gasteiger partial charge in [0.05, 0.1) is 0 Å². The zero-order valence-corrected chi connectivity index (χ0v) is 8.49. The SMILES string of the molecule is O=[S](=O)(O)[Na].[Na]. The number of rotatable bonds is 0. The van der Waals surface area contributed by atoms with Crippen molar-refractivity contribution in [2.24, 2.45) is 0 Å². The van der Waals surface area contributed by atoms with Crippen molar-refractivity contribution in [3.05, 3.63) is 0 Å². The maximum absolute atomic E-state index is 9.25. The summed E-state index contributed by atoms with van der Waals surface area (Å²) < 4.78 is 26.1. The third-order valence-electron chi connectivity index (χ3n) is 0. The molecule has 1 N–H and O–H groups in total. The zero-order valence-electron chi connectivity index (χ0n) is 3.67. The zero-order chi connectivity index (χ0) is 4.50. The molecule has 0 aromatic rings. The first-order valence-electron chi connectivity index (χ1n) is 0.924. The Morgan fingerprint density at radius 3 is 1.50 bits per heavy atom. The van der Waals surface area contributed by atoms with Crippen LogP contribution in [0.25, 0.3) is 0 Å². The first-order chi connectivity index (χ1) is 2.00. The van der Waals surface area contributed by atoms with Gasteiger partial charge in [0.15, 0.2) is 0 Å². The van der Waals surface area contributed by atoms with Crippen molar-refractivity contribution in [1.82, 2.24) is 0 Å². The smallest absolute Gasteiger partial charge is 0 e. The average molecular weight is 127 g/mol. The fourth-order valence-corrected chi connectivity index (χ4v) is 0. The van der Waals surface area contributed by atoms with Crippen LogP contribution in [0.3, 0.4) is 0 Å². The second kappa shape index (κ2) is 3.86. The minimum atomic E-state index is -3.53. The minimum Gasteiger partial charge on any atom is 0 e. The second-order valence-electron chi connectivity index (χ2n) is 0.733. The fraction of sp³-hybridized carbons (Fsp3) is 0. The summed E-state index contributed by atoms with van der Waals surface area (Å²) in [6, 6.07) is 0. The summed E-state index contributed by atoms with van der Waals surface area (Å²) in [6.07, 6.45) is -3.53. The molecular weight excluding hydrogens is 126 g/mol. The van der Waals surface area contributed by atoms with Crippen LogP contribution >= 0.6 is 0 Å². The molecule has 3 nitrogen and oxygen atoms in total. The summed E-state index contributed by atoms with van der Waals surface area (Å²) in [5.41, 5.74) is 0. The van der Waals surface area contributed by atoms with Crippen LogP contribution in [0.5, 0.6) is 0 Å². The second-order valence-corrected chi connectivity index (χ2v) is 5.29. The van der Waals surface area contributed by atoms with Gasteiger partial charge in [-0.1, -0.05) is 0 Å². The van der Waals surface area contributed by atoms with Crippen molar-refractivity contribution in [2.45, 2.75) is 0 Å². The van der Waals surface area contributed by atoms with Crippen LogP contribution in [0, 0.1) is 0 Å². The van der Waals surface area contributed by atoms with Crippen LogP contribution in [0.2, 0.25) is 0 Å². The molecule has 0 spiro atoms. The molecular formula is HNa2O3S. The largest absolute Gasteiger partial charge is 0 e. The van der Waals surface area contributed by atoms with E-state index in [2.05, 4.69) is 0 Å². The van der Waals surface area contributed by atoms with E-state index in [-0.39, 0.29) is 55.9 Å². The van der Waals surface area contributed by atoms with E-state index in [0.29, 0.717) is 0 Å². The van der Waals surface area contributed by atoms with Crippen molar-refractivity contribution < 1.29 is 13.0 Å². The molecule has 0 fully saturated rings. The van der Waals surface area contributed by atoms with Gasteiger partial charge in [-0.15, -0.1) is 0 Å². The monoisotopic (exact) mass is 127 g/mol. The van der Waals surface area contributed by atoms with E-state index in [0.717, 1.165) is 0 Å². The van der Waals surface area contributed by atoms with E-state index in [1.54, 1.807) is 0 Å². The van der Waals surface area contributed by atoms with Gasteiger partial charge < -0.3 is 0 Å². The van der Waals surface area contributed by atoms with Crippen LogP contribution in [0.4, 0.5) is 0 Å². The predicted molar refractivity (Wildman–Crippen MR) is 23.1 cm³/mol. The molecule has 0 aromatic carbocycles. The van der Waals surface area contributed by atoms with Gasteiger partial charge in [-0.2, -0.15) is 0 Å². The molecule has 0 aliphatic rings. The molecule has 0 atom stereocenters. The molecule has 0 saturated carbocycles. The minimum absolute atomic E-state index is 0. The number of hydrogen-bond donors (Lipinski definition) is 1. The van der Waals surface area contributed by atoms with Crippen molar-refractivity contribution in [2.75, 3.05) is 0 Å². The van der Waals surface area contributed by atoms with Gasteiger partial charge in [0.2, 0.25) is 0 Å². The Hall–Kier alpha value is 1.91. The van der Waals surface area contributed by atoms with Crippen LogP contribution in [-0.4, -0.2) is 68.9 Å². The van der Waals surface area contributed by atoms with Crippen LogP contribution in [0.15, 0.2) is 0 Å². The summed E-state index contributed by atoms with van der Waals surface area (Å²) in [5.74, 6) is 0. The van der Waals surface area contributed by atoms with Crippen molar-refractivity contribution >= 4 is 62.1 Å². The Balaban J connectivity index is 0. The Morgan fingerprint density at radius 1 is 1.50 bits per heavy atom. The molecule has 0 unspecified atom stereocenters. The summed E-state index contributed by atoms with van der Waals surface area (Å²) in [6.45, 7) is 0. The summed E-state index contributed by atoms with van der Waals surface area (Å²) in [5, 5.41) is 0. The van der Waals surface area contributed by atoms with Gasteiger partial charge in [0.1, 0.15) is 0 Å². The van der Waals surface area contributed by atoms with E-state index in [9.17, 15) is 8.42 Å². The van der Waals surface area contributed by atoms with Gasteiger partial charge in [0, 0.05) is 29.6 Å². The third kappa shape index (κ3) is 39.1. The normalized spacial score (nSPS) is 9.83.